The number of carbonyl (C=O) groups excluding carboxylic acids is 1. The maximum Gasteiger partial charge on any atom is 0.238 e. The molecule has 0 amide bonds. The molecule has 2 aromatic heterocycles. The average Bonchev–Trinajstić information content (AvgIpc) is 3.17. The van der Waals surface area contributed by atoms with Gasteiger partial charge in [0.2, 0.25) is 5.78 Å². The number of hydrogen-bond donors (Lipinski definition) is 0. The van der Waals surface area contributed by atoms with Gasteiger partial charge in [-0.1, -0.05) is 28.1 Å². The van der Waals surface area contributed by atoms with Gasteiger partial charge in [0.1, 0.15) is 5.82 Å². The molecule has 2 nitrogen and oxygen atoms in total. The molecule has 0 fully saturated rings. The fourth-order valence-electron chi connectivity index (χ4n) is 2.01. The van der Waals surface area contributed by atoms with Gasteiger partial charge in [-0.15, -0.1) is 11.3 Å². The first-order chi connectivity index (χ1) is 10.2. The van der Waals surface area contributed by atoms with Gasteiger partial charge in [0.15, 0.2) is 5.76 Å². The molecule has 0 atom stereocenters. The Morgan fingerprint density at radius 3 is 2.62 bits per heavy atom. The predicted molar refractivity (Wildman–Crippen MR) is 84.5 cm³/mol. The third kappa shape index (κ3) is 2.84. The molecule has 0 N–H and O–H groups in total. The highest BCUT2D eigenvalue weighted by Crippen LogP contribution is 2.35. The topological polar surface area (TPSA) is 30.2 Å². The molecule has 0 saturated carbocycles. The zero-order valence-corrected chi connectivity index (χ0v) is 13.2. The number of rotatable bonds is 4. The maximum atomic E-state index is 13.0. The summed E-state index contributed by atoms with van der Waals surface area (Å²) >= 11 is 4.82. The lowest BCUT2D eigenvalue weighted by atomic mass is 10.1. The molecule has 1 aromatic carbocycles. The van der Waals surface area contributed by atoms with Crippen molar-refractivity contribution >= 4 is 33.0 Å². The van der Waals surface area contributed by atoms with E-state index in [1.54, 1.807) is 24.3 Å². The smallest absolute Gasteiger partial charge is 0.238 e. The summed E-state index contributed by atoms with van der Waals surface area (Å²) in [6.45, 7) is 0. The van der Waals surface area contributed by atoms with Gasteiger partial charge < -0.3 is 4.42 Å². The number of hydrogen-bond acceptors (Lipinski definition) is 3. The molecule has 0 saturated heterocycles. The van der Waals surface area contributed by atoms with Crippen LogP contribution in [-0.2, 0) is 5.33 Å². The van der Waals surface area contributed by atoms with E-state index < -0.39 is 0 Å². The van der Waals surface area contributed by atoms with Crippen LogP contribution in [0.1, 0.15) is 21.0 Å². The van der Waals surface area contributed by atoms with E-state index in [-0.39, 0.29) is 11.6 Å². The molecule has 0 bridgehead atoms. The van der Waals surface area contributed by atoms with Gasteiger partial charge in [-0.2, -0.15) is 0 Å². The van der Waals surface area contributed by atoms with Crippen molar-refractivity contribution in [2.45, 2.75) is 5.33 Å². The van der Waals surface area contributed by atoms with Crippen LogP contribution < -0.4 is 0 Å². The summed E-state index contributed by atoms with van der Waals surface area (Å²) in [5.74, 6) is -0.0915. The quantitative estimate of drug-likeness (QED) is 0.466. The standard InChI is InChI=1S/C16H10BrFO2S/c17-9-11-8-14(15(19)13-2-1-7-20-13)21-16(11)10-3-5-12(18)6-4-10/h1-8H,9H2. The average molecular weight is 365 g/mol. The van der Waals surface area contributed by atoms with Crippen molar-refractivity contribution in [1.82, 2.24) is 0 Å². The number of thiophene rings is 1. The van der Waals surface area contributed by atoms with Gasteiger partial charge in [0, 0.05) is 10.2 Å². The monoisotopic (exact) mass is 364 g/mol. The van der Waals surface area contributed by atoms with E-state index >= 15 is 0 Å². The van der Waals surface area contributed by atoms with Gasteiger partial charge in [0.05, 0.1) is 11.1 Å². The van der Waals surface area contributed by atoms with Crippen LogP contribution >= 0.6 is 27.3 Å². The van der Waals surface area contributed by atoms with Crippen molar-refractivity contribution in [3.05, 3.63) is 70.7 Å². The summed E-state index contributed by atoms with van der Waals surface area (Å²) < 4.78 is 18.2. The molecule has 3 aromatic rings. The van der Waals surface area contributed by atoms with Crippen LogP contribution in [-0.4, -0.2) is 5.78 Å². The summed E-state index contributed by atoms with van der Waals surface area (Å²) in [6, 6.07) is 11.5. The molecule has 5 heteroatoms. The van der Waals surface area contributed by atoms with Crippen LogP contribution in [0.2, 0.25) is 0 Å². The lowest BCUT2D eigenvalue weighted by molar-refractivity contribution is 0.101. The number of ketones is 1. The van der Waals surface area contributed by atoms with E-state index in [1.165, 1.54) is 29.7 Å². The zero-order chi connectivity index (χ0) is 14.8. The van der Waals surface area contributed by atoms with Gasteiger partial charge in [-0.25, -0.2) is 4.39 Å². The molecule has 0 aliphatic rings. The molecular weight excluding hydrogens is 355 g/mol. The van der Waals surface area contributed by atoms with Crippen LogP contribution in [0.15, 0.2) is 53.1 Å². The SMILES string of the molecule is O=C(c1ccco1)c1cc(CBr)c(-c2ccc(F)cc2)s1. The van der Waals surface area contributed by atoms with Crippen molar-refractivity contribution in [3.63, 3.8) is 0 Å². The molecule has 2 heterocycles. The van der Waals surface area contributed by atoms with Crippen molar-refractivity contribution in [1.29, 1.82) is 0 Å². The number of carbonyl (C=O) groups is 1. The molecule has 0 radical (unpaired) electrons. The Morgan fingerprint density at radius 2 is 2.00 bits per heavy atom. The molecule has 106 valence electrons. The fourth-order valence-corrected chi connectivity index (χ4v) is 3.77. The van der Waals surface area contributed by atoms with Gasteiger partial charge in [-0.3, -0.25) is 4.79 Å². The zero-order valence-electron chi connectivity index (χ0n) is 10.8. The second kappa shape index (κ2) is 5.95. The van der Waals surface area contributed by atoms with Crippen LogP contribution in [0.5, 0.6) is 0 Å². The van der Waals surface area contributed by atoms with Crippen LogP contribution in [0.3, 0.4) is 0 Å². The Morgan fingerprint density at radius 1 is 1.24 bits per heavy atom. The van der Waals surface area contributed by atoms with E-state index in [9.17, 15) is 9.18 Å². The minimum absolute atomic E-state index is 0.138. The summed E-state index contributed by atoms with van der Waals surface area (Å²) in [7, 11) is 0. The molecule has 0 aliphatic carbocycles. The Hall–Kier alpha value is -1.72. The summed E-state index contributed by atoms with van der Waals surface area (Å²) in [4.78, 5) is 13.9. The molecule has 3 rings (SSSR count). The van der Waals surface area contributed by atoms with Crippen molar-refractivity contribution in [3.8, 4) is 10.4 Å². The van der Waals surface area contributed by atoms with E-state index in [4.69, 9.17) is 4.42 Å². The summed E-state index contributed by atoms with van der Waals surface area (Å²) in [5, 5.41) is 0.627. The fraction of sp³-hybridized carbons (Fsp3) is 0.0625. The first kappa shape index (κ1) is 14.2. The van der Waals surface area contributed by atoms with Gasteiger partial charge in [-0.05, 0) is 41.5 Å². The lowest BCUT2D eigenvalue weighted by Crippen LogP contribution is -1.95. The third-order valence-electron chi connectivity index (χ3n) is 3.03. The van der Waals surface area contributed by atoms with Crippen molar-refractivity contribution in [2.75, 3.05) is 0 Å². The van der Waals surface area contributed by atoms with Crippen LogP contribution in [0.25, 0.3) is 10.4 Å². The second-order valence-corrected chi connectivity index (χ2v) is 6.02. The molecule has 0 aliphatic heterocycles. The van der Waals surface area contributed by atoms with E-state index in [0.29, 0.717) is 16.0 Å². The largest absolute Gasteiger partial charge is 0.461 e. The van der Waals surface area contributed by atoms with Gasteiger partial charge in [0.25, 0.3) is 0 Å². The molecule has 0 unspecified atom stereocenters. The number of halogens is 2. The molecule has 0 spiro atoms. The maximum absolute atomic E-state index is 13.0. The molecular formula is C16H10BrFO2S. The van der Waals surface area contributed by atoms with E-state index in [0.717, 1.165) is 16.0 Å². The second-order valence-electron chi connectivity index (χ2n) is 4.41. The highest BCUT2D eigenvalue weighted by Gasteiger charge is 2.18. The minimum Gasteiger partial charge on any atom is -0.461 e. The van der Waals surface area contributed by atoms with E-state index in [1.807, 2.05) is 6.07 Å². The number of furan rings is 1. The third-order valence-corrected chi connectivity index (χ3v) is 4.86. The first-order valence-electron chi connectivity index (χ1n) is 6.22. The number of benzene rings is 1. The highest BCUT2D eigenvalue weighted by molar-refractivity contribution is 9.08. The van der Waals surface area contributed by atoms with Crippen LogP contribution in [0, 0.1) is 5.82 Å². The molecule has 21 heavy (non-hydrogen) atoms. The van der Waals surface area contributed by atoms with Crippen molar-refractivity contribution in [2.24, 2.45) is 0 Å². The number of alkyl halides is 1. The Labute approximate surface area is 133 Å². The Balaban J connectivity index is 2.02. The summed E-state index contributed by atoms with van der Waals surface area (Å²) in [5.41, 5.74) is 1.90. The normalized spacial score (nSPS) is 10.8. The van der Waals surface area contributed by atoms with Crippen LogP contribution in [0.4, 0.5) is 4.39 Å². The highest BCUT2D eigenvalue weighted by atomic mass is 79.9. The Bertz CT molecular complexity index is 760. The van der Waals surface area contributed by atoms with Gasteiger partial charge >= 0.3 is 0 Å². The van der Waals surface area contributed by atoms with Crippen molar-refractivity contribution < 1.29 is 13.6 Å². The summed E-state index contributed by atoms with van der Waals surface area (Å²) in [6.07, 6.45) is 1.48. The lowest BCUT2D eigenvalue weighted by Gasteiger charge is -2.00. The minimum atomic E-state index is -0.275. The first-order valence-corrected chi connectivity index (χ1v) is 8.15. The predicted octanol–water partition coefficient (Wildman–Crippen LogP) is 5.27. The Kier molecular flexibility index (Phi) is 4.03. The van der Waals surface area contributed by atoms with E-state index in [2.05, 4.69) is 15.9 Å².